The van der Waals surface area contributed by atoms with E-state index in [0.29, 0.717) is 35.9 Å². The largest absolute Gasteiger partial charge is 0.508 e. The Hall–Kier alpha value is -3.53. The van der Waals surface area contributed by atoms with Gasteiger partial charge in [-0.3, -0.25) is 9.36 Å². The van der Waals surface area contributed by atoms with Crippen molar-refractivity contribution < 1.29 is 14.4 Å². The number of phenols is 1. The van der Waals surface area contributed by atoms with Crippen molar-refractivity contribution >= 4 is 11.2 Å². The maximum absolute atomic E-state index is 12.6. The average Bonchev–Trinajstić information content (AvgIpc) is 3.45. The van der Waals surface area contributed by atoms with Crippen molar-refractivity contribution in [3.8, 4) is 5.75 Å². The number of hydrogen-bond acceptors (Lipinski definition) is 8. The number of benzene rings is 1. The highest BCUT2D eigenvalue weighted by atomic mass is 16.5. The minimum absolute atomic E-state index is 0.000652. The monoisotopic (exact) mass is 394 g/mol. The second-order valence-corrected chi connectivity index (χ2v) is 7.10. The fraction of sp³-hybridized carbons (Fsp3) is 0.316. The molecular formula is C19H18N6O4. The van der Waals surface area contributed by atoms with Gasteiger partial charge in [-0.2, -0.15) is 4.98 Å². The Kier molecular flexibility index (Phi) is 4.13. The molecule has 0 aliphatic carbocycles. The lowest BCUT2D eigenvalue weighted by molar-refractivity contribution is 0.110. The van der Waals surface area contributed by atoms with Gasteiger partial charge < -0.3 is 18.9 Å². The molecule has 5 rings (SSSR count). The second-order valence-electron chi connectivity index (χ2n) is 7.10. The molecule has 4 heterocycles. The normalized spacial score (nSPS) is 19.2. The van der Waals surface area contributed by atoms with E-state index in [1.54, 1.807) is 30.1 Å². The quantitative estimate of drug-likeness (QED) is 0.553. The Bertz CT molecular complexity index is 1230. The number of aryl methyl sites for hydroxylation is 1. The van der Waals surface area contributed by atoms with Gasteiger partial charge in [0.05, 0.1) is 19.0 Å². The molecule has 10 nitrogen and oxygen atoms in total. The number of ether oxygens (including phenoxy) is 1. The predicted molar refractivity (Wildman–Crippen MR) is 100 cm³/mol. The van der Waals surface area contributed by atoms with Crippen molar-refractivity contribution in [1.29, 1.82) is 0 Å². The van der Waals surface area contributed by atoms with E-state index in [0.717, 1.165) is 5.56 Å². The minimum Gasteiger partial charge on any atom is -0.508 e. The van der Waals surface area contributed by atoms with Crippen molar-refractivity contribution in [2.24, 2.45) is 7.05 Å². The number of aromatic hydroxyl groups is 1. The zero-order valence-corrected chi connectivity index (χ0v) is 15.6. The molecule has 0 amide bonds. The lowest BCUT2D eigenvalue weighted by atomic mass is 10.00. The standard InChI is InChI=1S/C19H18N6O4/c1-24-9-20-18-16(24)19(27)25(10-21-18)7-15-22-17(23-29-15)12-6-14(28-8-12)11-2-4-13(26)5-3-11/h2-5,9-10,12,14,26H,6-8H2,1H3/t12-,14+/m0/s1. The van der Waals surface area contributed by atoms with E-state index in [2.05, 4.69) is 20.1 Å². The van der Waals surface area contributed by atoms with Crippen LogP contribution in [0.1, 0.15) is 35.7 Å². The van der Waals surface area contributed by atoms with Crippen molar-refractivity contribution in [1.82, 2.24) is 29.2 Å². The van der Waals surface area contributed by atoms with Crippen molar-refractivity contribution in [3.05, 3.63) is 64.6 Å². The number of rotatable bonds is 4. The molecule has 1 aliphatic rings. The third-order valence-corrected chi connectivity index (χ3v) is 5.12. The highest BCUT2D eigenvalue weighted by molar-refractivity contribution is 5.68. The van der Waals surface area contributed by atoms with Crippen LogP contribution in [0.3, 0.4) is 0 Å². The molecule has 1 aliphatic heterocycles. The summed E-state index contributed by atoms with van der Waals surface area (Å²) in [5, 5.41) is 13.5. The van der Waals surface area contributed by atoms with Crippen LogP contribution < -0.4 is 5.56 Å². The highest BCUT2D eigenvalue weighted by Crippen LogP contribution is 2.37. The van der Waals surface area contributed by atoms with Crippen LogP contribution in [-0.2, 0) is 18.3 Å². The van der Waals surface area contributed by atoms with E-state index < -0.39 is 0 Å². The average molecular weight is 394 g/mol. The van der Waals surface area contributed by atoms with Gasteiger partial charge in [-0.05, 0) is 24.1 Å². The molecule has 148 valence electrons. The Morgan fingerprint density at radius 1 is 1.21 bits per heavy atom. The van der Waals surface area contributed by atoms with Gasteiger partial charge in [0.2, 0.25) is 5.89 Å². The molecule has 3 aromatic heterocycles. The van der Waals surface area contributed by atoms with Crippen molar-refractivity contribution in [3.63, 3.8) is 0 Å². The second kappa shape index (κ2) is 6.82. The molecular weight excluding hydrogens is 376 g/mol. The molecule has 0 unspecified atom stereocenters. The van der Waals surface area contributed by atoms with Gasteiger partial charge in [-0.15, -0.1) is 0 Å². The summed E-state index contributed by atoms with van der Waals surface area (Å²) >= 11 is 0. The van der Waals surface area contributed by atoms with Gasteiger partial charge in [0.1, 0.15) is 18.6 Å². The Morgan fingerprint density at radius 3 is 2.83 bits per heavy atom. The third-order valence-electron chi connectivity index (χ3n) is 5.12. The van der Waals surface area contributed by atoms with Crippen LogP contribution in [0.25, 0.3) is 11.2 Å². The van der Waals surface area contributed by atoms with E-state index >= 15 is 0 Å². The van der Waals surface area contributed by atoms with Crippen LogP contribution in [0.15, 0.2) is 46.2 Å². The molecule has 29 heavy (non-hydrogen) atoms. The van der Waals surface area contributed by atoms with Crippen molar-refractivity contribution in [2.75, 3.05) is 6.61 Å². The Labute approximate surface area is 164 Å². The molecule has 2 atom stereocenters. The van der Waals surface area contributed by atoms with Crippen LogP contribution in [0.4, 0.5) is 0 Å². The van der Waals surface area contributed by atoms with Crippen LogP contribution >= 0.6 is 0 Å². The molecule has 10 heteroatoms. The van der Waals surface area contributed by atoms with Gasteiger partial charge in [-0.25, -0.2) is 9.97 Å². The number of phenolic OH excluding ortho intramolecular Hbond substituents is 1. The predicted octanol–water partition coefficient (Wildman–Crippen LogP) is 1.51. The molecule has 1 N–H and O–H groups in total. The fourth-order valence-corrected chi connectivity index (χ4v) is 3.56. The summed E-state index contributed by atoms with van der Waals surface area (Å²) in [5.41, 5.74) is 1.61. The maximum atomic E-state index is 12.6. The van der Waals surface area contributed by atoms with Gasteiger partial charge in [0.25, 0.3) is 5.56 Å². The summed E-state index contributed by atoms with van der Waals surface area (Å²) in [6, 6.07) is 6.97. The first-order valence-electron chi connectivity index (χ1n) is 9.18. The van der Waals surface area contributed by atoms with E-state index in [4.69, 9.17) is 9.26 Å². The molecule has 1 saturated heterocycles. The van der Waals surface area contributed by atoms with E-state index in [-0.39, 0.29) is 29.9 Å². The van der Waals surface area contributed by atoms with Crippen LogP contribution in [0, 0.1) is 0 Å². The zero-order chi connectivity index (χ0) is 20.0. The zero-order valence-electron chi connectivity index (χ0n) is 15.6. The SMILES string of the molecule is Cn1cnc2ncn(Cc3nc([C@@H]4CO[C@@H](c5ccc(O)cc5)C4)no3)c(=O)c21. The van der Waals surface area contributed by atoms with Gasteiger partial charge in [0.15, 0.2) is 17.0 Å². The first-order valence-corrected chi connectivity index (χ1v) is 9.18. The third kappa shape index (κ3) is 3.17. The number of nitrogens with zero attached hydrogens (tertiary/aromatic N) is 6. The molecule has 4 aromatic rings. The van der Waals surface area contributed by atoms with Crippen molar-refractivity contribution in [2.45, 2.75) is 25.0 Å². The number of hydrogen-bond donors (Lipinski definition) is 1. The molecule has 0 radical (unpaired) electrons. The number of imidazole rings is 1. The fourth-order valence-electron chi connectivity index (χ4n) is 3.56. The molecule has 0 spiro atoms. The summed E-state index contributed by atoms with van der Waals surface area (Å²) in [5.74, 6) is 1.11. The van der Waals surface area contributed by atoms with E-state index in [9.17, 15) is 9.90 Å². The molecule has 0 saturated carbocycles. The maximum Gasteiger partial charge on any atom is 0.280 e. The first-order chi connectivity index (χ1) is 14.1. The van der Waals surface area contributed by atoms with Crippen LogP contribution in [-0.4, -0.2) is 41.0 Å². The lowest BCUT2D eigenvalue weighted by Crippen LogP contribution is -2.22. The molecule has 1 aromatic carbocycles. The summed E-state index contributed by atoms with van der Waals surface area (Å²) < 4.78 is 14.3. The molecule has 1 fully saturated rings. The smallest absolute Gasteiger partial charge is 0.280 e. The summed E-state index contributed by atoms with van der Waals surface area (Å²) in [6.07, 6.45) is 3.62. The highest BCUT2D eigenvalue weighted by Gasteiger charge is 2.31. The Morgan fingerprint density at radius 2 is 2.00 bits per heavy atom. The van der Waals surface area contributed by atoms with Crippen LogP contribution in [0.2, 0.25) is 0 Å². The first kappa shape index (κ1) is 17.6. The summed E-state index contributed by atoms with van der Waals surface area (Å²) in [6.45, 7) is 0.613. The summed E-state index contributed by atoms with van der Waals surface area (Å²) in [4.78, 5) is 25.4. The number of aromatic nitrogens is 6. The van der Waals surface area contributed by atoms with Gasteiger partial charge >= 0.3 is 0 Å². The van der Waals surface area contributed by atoms with Gasteiger partial charge in [-0.1, -0.05) is 17.3 Å². The molecule has 0 bridgehead atoms. The van der Waals surface area contributed by atoms with Crippen LogP contribution in [0.5, 0.6) is 5.75 Å². The summed E-state index contributed by atoms with van der Waals surface area (Å²) in [7, 11) is 1.75. The minimum atomic E-state index is -0.216. The topological polar surface area (TPSA) is 121 Å². The Balaban J connectivity index is 1.32. The van der Waals surface area contributed by atoms with E-state index in [1.807, 2.05) is 12.1 Å². The number of fused-ring (bicyclic) bond motifs is 1. The lowest BCUT2D eigenvalue weighted by Gasteiger charge is -2.09. The van der Waals surface area contributed by atoms with E-state index in [1.165, 1.54) is 10.9 Å². The van der Waals surface area contributed by atoms with Gasteiger partial charge in [0, 0.05) is 13.0 Å².